The summed E-state index contributed by atoms with van der Waals surface area (Å²) in [7, 11) is 0. The molecule has 2 aromatic carbocycles. The van der Waals surface area contributed by atoms with Crippen LogP contribution in [0.2, 0.25) is 0 Å². The summed E-state index contributed by atoms with van der Waals surface area (Å²) in [6.07, 6.45) is 0. The van der Waals surface area contributed by atoms with Gasteiger partial charge in [0.1, 0.15) is 23.7 Å². The van der Waals surface area contributed by atoms with Crippen LogP contribution in [0.5, 0.6) is 5.75 Å². The minimum Gasteiger partial charge on any atom is -0.489 e. The van der Waals surface area contributed by atoms with Crippen LogP contribution >= 0.6 is 0 Å². The van der Waals surface area contributed by atoms with Gasteiger partial charge in [-0.3, -0.25) is 4.79 Å². The molecule has 0 aliphatic heterocycles. The van der Waals surface area contributed by atoms with Gasteiger partial charge in [0.05, 0.1) is 5.56 Å². The minimum atomic E-state index is -0.0322. The Morgan fingerprint density at radius 2 is 1.80 bits per heavy atom. The zero-order chi connectivity index (χ0) is 17.6. The van der Waals surface area contributed by atoms with E-state index >= 15 is 0 Å². The van der Waals surface area contributed by atoms with E-state index in [0.717, 1.165) is 11.0 Å². The fraction of sp³-hybridized carbons (Fsp3) is 0.200. The third-order valence-corrected chi connectivity index (χ3v) is 3.68. The number of para-hydroxylation sites is 2. The van der Waals surface area contributed by atoms with Gasteiger partial charge < -0.3 is 14.0 Å². The van der Waals surface area contributed by atoms with Crippen molar-refractivity contribution < 1.29 is 18.8 Å². The molecule has 0 radical (unpaired) electrons. The second-order valence-corrected chi connectivity index (χ2v) is 5.56. The van der Waals surface area contributed by atoms with Crippen molar-refractivity contribution in [3.63, 3.8) is 0 Å². The molecule has 0 aliphatic rings. The van der Waals surface area contributed by atoms with Gasteiger partial charge >= 0.3 is 0 Å². The lowest BCUT2D eigenvalue weighted by atomic mass is 10.1. The van der Waals surface area contributed by atoms with Crippen LogP contribution in [0.25, 0.3) is 11.0 Å². The number of carbonyl (C=O) groups excluding carboxylic acids is 1. The Kier molecular flexibility index (Phi) is 5.14. The molecule has 5 nitrogen and oxygen atoms in total. The molecule has 0 unspecified atom stereocenters. The van der Waals surface area contributed by atoms with E-state index in [2.05, 4.69) is 5.16 Å². The molecule has 0 atom stereocenters. The van der Waals surface area contributed by atoms with Crippen LogP contribution in [0.1, 0.15) is 30.0 Å². The molecule has 1 aromatic heterocycles. The summed E-state index contributed by atoms with van der Waals surface area (Å²) in [5.74, 6) is 1.19. The number of carbonyl (C=O) groups is 1. The van der Waals surface area contributed by atoms with Crippen LogP contribution in [0.3, 0.4) is 0 Å². The number of Topliss-reactive ketones (excluding diaryl/α,β-unsaturated/α-hetero) is 1. The molecule has 0 bridgehead atoms. The largest absolute Gasteiger partial charge is 0.489 e. The lowest BCUT2D eigenvalue weighted by Gasteiger charge is -2.08. The number of fused-ring (bicyclic) bond motifs is 1. The number of rotatable bonds is 7. The zero-order valence-electron chi connectivity index (χ0n) is 14.2. The van der Waals surface area contributed by atoms with Crippen LogP contribution in [0.4, 0.5) is 0 Å². The smallest absolute Gasteiger partial charge is 0.163 e. The van der Waals surface area contributed by atoms with E-state index in [1.165, 1.54) is 6.92 Å². The fourth-order valence-corrected chi connectivity index (χ4v) is 2.42. The summed E-state index contributed by atoms with van der Waals surface area (Å²) >= 11 is 0. The Labute approximate surface area is 145 Å². The molecule has 1 heterocycles. The Bertz CT molecular complexity index is 878. The molecule has 0 N–H and O–H groups in total. The first-order chi connectivity index (χ1) is 12.1. The predicted molar refractivity (Wildman–Crippen MR) is 96.3 cm³/mol. The SMILES string of the molecule is CC(=O)c1ccccc1OCCO/N=C(\C)c1cc2ccccc2o1. The number of hydrogen-bond donors (Lipinski definition) is 0. The summed E-state index contributed by atoms with van der Waals surface area (Å²) in [6, 6.07) is 16.8. The quantitative estimate of drug-likeness (QED) is 0.276. The molecule has 0 spiro atoms. The molecule has 0 amide bonds. The van der Waals surface area contributed by atoms with Gasteiger partial charge in [-0.2, -0.15) is 0 Å². The highest BCUT2D eigenvalue weighted by Crippen LogP contribution is 2.20. The molecule has 0 saturated heterocycles. The number of furan rings is 1. The first-order valence-electron chi connectivity index (χ1n) is 8.03. The number of nitrogens with zero attached hydrogens (tertiary/aromatic N) is 1. The molecular formula is C20H19NO4. The number of ketones is 1. The van der Waals surface area contributed by atoms with E-state index in [1.54, 1.807) is 18.2 Å². The summed E-state index contributed by atoms with van der Waals surface area (Å²) < 4.78 is 11.3. The average molecular weight is 337 g/mol. The fourth-order valence-electron chi connectivity index (χ4n) is 2.42. The number of hydrogen-bond acceptors (Lipinski definition) is 5. The number of benzene rings is 2. The molecule has 0 saturated carbocycles. The Morgan fingerprint density at radius 3 is 2.60 bits per heavy atom. The lowest BCUT2D eigenvalue weighted by molar-refractivity contribution is 0.0984. The molecule has 25 heavy (non-hydrogen) atoms. The van der Waals surface area contributed by atoms with Gasteiger partial charge in [-0.25, -0.2) is 0 Å². The van der Waals surface area contributed by atoms with Gasteiger partial charge in [0.25, 0.3) is 0 Å². The van der Waals surface area contributed by atoms with E-state index < -0.39 is 0 Å². The maximum Gasteiger partial charge on any atom is 0.163 e. The van der Waals surface area contributed by atoms with Crippen LogP contribution in [-0.2, 0) is 4.84 Å². The van der Waals surface area contributed by atoms with Crippen molar-refractivity contribution in [2.45, 2.75) is 13.8 Å². The Morgan fingerprint density at radius 1 is 1.04 bits per heavy atom. The summed E-state index contributed by atoms with van der Waals surface area (Å²) in [5, 5.41) is 5.08. The normalized spacial score (nSPS) is 11.5. The predicted octanol–water partition coefficient (Wildman–Crippen LogP) is 4.46. The van der Waals surface area contributed by atoms with Gasteiger partial charge in [-0.1, -0.05) is 35.5 Å². The minimum absolute atomic E-state index is 0.0322. The molecule has 0 fully saturated rings. The Hall–Kier alpha value is -3.08. The maximum atomic E-state index is 11.5. The van der Waals surface area contributed by atoms with E-state index in [1.807, 2.05) is 43.3 Å². The van der Waals surface area contributed by atoms with E-state index in [-0.39, 0.29) is 12.4 Å². The van der Waals surface area contributed by atoms with Gasteiger partial charge in [-0.05, 0) is 38.1 Å². The van der Waals surface area contributed by atoms with Crippen LogP contribution < -0.4 is 4.74 Å². The first kappa shape index (κ1) is 16.8. The van der Waals surface area contributed by atoms with Crippen LogP contribution in [-0.4, -0.2) is 24.7 Å². The zero-order valence-corrected chi connectivity index (χ0v) is 14.2. The van der Waals surface area contributed by atoms with Crippen molar-refractivity contribution in [3.8, 4) is 5.75 Å². The Balaban J connectivity index is 1.54. The maximum absolute atomic E-state index is 11.5. The second kappa shape index (κ2) is 7.66. The molecule has 0 aliphatic carbocycles. The molecule has 128 valence electrons. The standard InChI is InChI=1S/C20H19NO4/c1-14(20-13-16-7-3-5-9-18(16)25-20)21-24-12-11-23-19-10-6-4-8-17(19)15(2)22/h3-10,13H,11-12H2,1-2H3/b21-14+. The van der Waals surface area contributed by atoms with Crippen LogP contribution in [0.15, 0.2) is 64.2 Å². The highest BCUT2D eigenvalue weighted by Gasteiger charge is 2.08. The molecule has 5 heteroatoms. The highest BCUT2D eigenvalue weighted by molar-refractivity contribution is 5.99. The van der Waals surface area contributed by atoms with Crippen molar-refractivity contribution in [3.05, 3.63) is 65.9 Å². The van der Waals surface area contributed by atoms with Gasteiger partial charge in [0, 0.05) is 5.39 Å². The second-order valence-electron chi connectivity index (χ2n) is 5.56. The summed E-state index contributed by atoms with van der Waals surface area (Å²) in [4.78, 5) is 16.8. The third-order valence-electron chi connectivity index (χ3n) is 3.68. The molecule has 3 aromatic rings. The van der Waals surface area contributed by atoms with Crippen molar-refractivity contribution in [2.75, 3.05) is 13.2 Å². The monoisotopic (exact) mass is 337 g/mol. The summed E-state index contributed by atoms with van der Waals surface area (Å²) in [6.45, 7) is 3.90. The number of oxime groups is 1. The summed E-state index contributed by atoms with van der Waals surface area (Å²) in [5.41, 5.74) is 2.03. The van der Waals surface area contributed by atoms with Crippen molar-refractivity contribution in [2.24, 2.45) is 5.16 Å². The van der Waals surface area contributed by atoms with Crippen molar-refractivity contribution in [1.29, 1.82) is 0 Å². The number of ether oxygens (including phenoxy) is 1. The van der Waals surface area contributed by atoms with E-state index in [0.29, 0.717) is 29.4 Å². The van der Waals surface area contributed by atoms with Gasteiger partial charge in [0.15, 0.2) is 18.2 Å². The van der Waals surface area contributed by atoms with Crippen molar-refractivity contribution in [1.82, 2.24) is 0 Å². The first-order valence-corrected chi connectivity index (χ1v) is 8.03. The third kappa shape index (κ3) is 4.07. The van der Waals surface area contributed by atoms with Gasteiger partial charge in [0.2, 0.25) is 0 Å². The molecular weight excluding hydrogens is 318 g/mol. The van der Waals surface area contributed by atoms with Crippen molar-refractivity contribution >= 4 is 22.5 Å². The lowest BCUT2D eigenvalue weighted by Crippen LogP contribution is -2.08. The van der Waals surface area contributed by atoms with E-state index in [9.17, 15) is 4.79 Å². The molecule has 3 rings (SSSR count). The van der Waals surface area contributed by atoms with Crippen LogP contribution in [0, 0.1) is 0 Å². The average Bonchev–Trinajstić information content (AvgIpc) is 3.06. The topological polar surface area (TPSA) is 61.0 Å². The highest BCUT2D eigenvalue weighted by atomic mass is 16.6. The van der Waals surface area contributed by atoms with E-state index in [4.69, 9.17) is 14.0 Å². The van der Waals surface area contributed by atoms with Gasteiger partial charge in [-0.15, -0.1) is 0 Å².